The number of Topliss-reactive ketones (excluding diaryl/α,β-unsaturated/α-hetero) is 2. The Hall–Kier alpha value is -2.50. The Kier molecular flexibility index (Phi) is 1.99. The van der Waals surface area contributed by atoms with Crippen molar-refractivity contribution in [1.29, 1.82) is 0 Å². The van der Waals surface area contributed by atoms with Gasteiger partial charge in [0.2, 0.25) is 0 Å². The molecule has 1 fully saturated rings. The highest BCUT2D eigenvalue weighted by molar-refractivity contribution is 6.03. The first-order valence-corrected chi connectivity index (χ1v) is 6.26. The Balaban J connectivity index is 2.46. The van der Waals surface area contributed by atoms with E-state index in [1.807, 2.05) is 0 Å². The first kappa shape index (κ1) is 8.71. The number of nitrogens with two attached hydrogens (primary N) is 1. The van der Waals surface area contributed by atoms with Crippen LogP contribution in [0.2, 0.25) is 0 Å². The molecule has 1 heterocycles. The Morgan fingerprint density at radius 3 is 2.95 bits per heavy atom. The van der Waals surface area contributed by atoms with E-state index in [2.05, 4.69) is 4.98 Å². The lowest BCUT2D eigenvalue weighted by Crippen LogP contribution is -2.36. The van der Waals surface area contributed by atoms with Crippen LogP contribution in [0.25, 0.3) is 10.9 Å². The summed E-state index contributed by atoms with van der Waals surface area (Å²) in [5, 5.41) is -0.319. The van der Waals surface area contributed by atoms with Crippen LogP contribution in [-0.2, 0) is 9.59 Å². The molecule has 6 nitrogen and oxygen atoms in total. The Bertz CT molecular complexity index is 1050. The standard InChI is InChI=1S/C15H15N3O3/c1-8-17-11-4-2-3-10(16)14(11)15(21)18(8)12-6-5-9(19)7-13(12)20/h2-4,12H,5-7,16H2,1H3/i3D,4D,6D2,12D. The second-order valence-electron chi connectivity index (χ2n) is 4.71. The number of rotatable bonds is 1. The van der Waals surface area contributed by atoms with Gasteiger partial charge in [-0.1, -0.05) is 6.07 Å². The maximum Gasteiger partial charge on any atom is 0.264 e. The quantitative estimate of drug-likeness (QED) is 0.628. The zero-order chi connectivity index (χ0) is 19.6. The van der Waals surface area contributed by atoms with Crippen molar-refractivity contribution in [3.8, 4) is 0 Å². The summed E-state index contributed by atoms with van der Waals surface area (Å²) in [6.07, 6.45) is -3.99. The van der Waals surface area contributed by atoms with Crippen molar-refractivity contribution < 1.29 is 16.4 Å². The van der Waals surface area contributed by atoms with Gasteiger partial charge in [0.1, 0.15) is 11.6 Å². The predicted molar refractivity (Wildman–Crippen MR) is 78.1 cm³/mol. The molecule has 3 rings (SSSR count). The summed E-state index contributed by atoms with van der Waals surface area (Å²) in [4.78, 5) is 41.2. The van der Waals surface area contributed by atoms with Crippen molar-refractivity contribution in [2.24, 2.45) is 0 Å². The van der Waals surface area contributed by atoms with Crippen LogP contribution in [0, 0.1) is 6.92 Å². The number of fused-ring (bicyclic) bond motifs is 1. The molecule has 1 aliphatic rings. The molecule has 1 aromatic carbocycles. The minimum atomic E-state index is -2.70. The zero-order valence-corrected chi connectivity index (χ0v) is 11.2. The summed E-state index contributed by atoms with van der Waals surface area (Å²) in [5.41, 5.74) is 4.43. The monoisotopic (exact) mass is 290 g/mol. The second kappa shape index (κ2) is 4.80. The molecular formula is C15H15N3O3. The smallest absolute Gasteiger partial charge is 0.264 e. The summed E-state index contributed by atoms with van der Waals surface area (Å²) in [6, 6.07) is -2.09. The van der Waals surface area contributed by atoms with E-state index in [4.69, 9.17) is 12.6 Å². The van der Waals surface area contributed by atoms with E-state index in [9.17, 15) is 14.4 Å². The summed E-state index contributed by atoms with van der Waals surface area (Å²) in [7, 11) is 0. The van der Waals surface area contributed by atoms with Crippen LogP contribution in [0.3, 0.4) is 0 Å². The number of hydrogen-bond acceptors (Lipinski definition) is 5. The molecule has 1 unspecified atom stereocenters. The fourth-order valence-corrected chi connectivity index (χ4v) is 2.30. The normalized spacial score (nSPS) is 28.5. The molecule has 0 radical (unpaired) electrons. The minimum Gasteiger partial charge on any atom is -0.398 e. The topological polar surface area (TPSA) is 95.0 Å². The summed E-state index contributed by atoms with van der Waals surface area (Å²) in [5.74, 6) is -1.87. The van der Waals surface area contributed by atoms with Crippen molar-refractivity contribution in [2.75, 3.05) is 5.73 Å². The van der Waals surface area contributed by atoms with E-state index < -0.39 is 42.4 Å². The Morgan fingerprint density at radius 2 is 2.24 bits per heavy atom. The van der Waals surface area contributed by atoms with Gasteiger partial charge < -0.3 is 5.73 Å². The summed E-state index contributed by atoms with van der Waals surface area (Å²) >= 11 is 0. The summed E-state index contributed by atoms with van der Waals surface area (Å²) < 4.78 is 40.8. The maximum absolute atomic E-state index is 13.0. The third-order valence-electron chi connectivity index (χ3n) is 3.26. The average molecular weight is 290 g/mol. The van der Waals surface area contributed by atoms with Crippen LogP contribution in [0.1, 0.15) is 37.9 Å². The molecule has 1 aromatic heterocycles. The number of carbonyl (C=O) groups is 2. The van der Waals surface area contributed by atoms with Crippen LogP contribution >= 0.6 is 0 Å². The molecule has 0 aliphatic heterocycles. The third kappa shape index (κ3) is 2.12. The van der Waals surface area contributed by atoms with Crippen molar-refractivity contribution in [1.82, 2.24) is 9.55 Å². The number of aromatic nitrogens is 2. The number of ketones is 2. The molecule has 0 bridgehead atoms. The fraction of sp³-hybridized carbons (Fsp3) is 0.333. The van der Waals surface area contributed by atoms with Gasteiger partial charge in [0.05, 0.1) is 27.5 Å². The van der Waals surface area contributed by atoms with Gasteiger partial charge in [-0.15, -0.1) is 0 Å². The first-order chi connectivity index (χ1) is 11.9. The largest absolute Gasteiger partial charge is 0.398 e. The highest BCUT2D eigenvalue weighted by Gasteiger charge is 2.30. The van der Waals surface area contributed by atoms with Crippen LogP contribution in [-0.4, -0.2) is 21.1 Å². The number of aryl methyl sites for hydroxylation is 1. The van der Waals surface area contributed by atoms with E-state index in [0.717, 1.165) is 6.07 Å². The number of benzene rings is 1. The van der Waals surface area contributed by atoms with E-state index in [1.165, 1.54) is 6.92 Å². The third-order valence-corrected chi connectivity index (χ3v) is 3.26. The van der Waals surface area contributed by atoms with Gasteiger partial charge in [-0.2, -0.15) is 0 Å². The van der Waals surface area contributed by atoms with Gasteiger partial charge in [0.15, 0.2) is 5.78 Å². The van der Waals surface area contributed by atoms with E-state index in [1.54, 1.807) is 0 Å². The SMILES string of the molecule is [2H]c1cc([2H])c2nc(C)n(C3([2H])C(=O)CC(=O)CC3([2H])[2H])c(=O)c2c1N. The molecular weight excluding hydrogens is 270 g/mol. The molecule has 1 saturated carbocycles. The molecule has 21 heavy (non-hydrogen) atoms. The van der Waals surface area contributed by atoms with Gasteiger partial charge in [0, 0.05) is 14.8 Å². The number of anilines is 1. The van der Waals surface area contributed by atoms with Crippen LogP contribution in [0.4, 0.5) is 5.69 Å². The van der Waals surface area contributed by atoms with Gasteiger partial charge in [-0.05, 0) is 25.4 Å². The molecule has 0 saturated heterocycles. The van der Waals surface area contributed by atoms with Crippen LogP contribution in [0.5, 0.6) is 0 Å². The van der Waals surface area contributed by atoms with E-state index in [0.29, 0.717) is 4.57 Å². The predicted octanol–water partition coefficient (Wildman–Crippen LogP) is 1.15. The maximum atomic E-state index is 13.0. The lowest BCUT2D eigenvalue weighted by Gasteiger charge is -2.24. The lowest BCUT2D eigenvalue weighted by atomic mass is 9.92. The number of carbonyl (C=O) groups excluding carboxylic acids is 2. The molecule has 1 atom stereocenters. The lowest BCUT2D eigenvalue weighted by molar-refractivity contribution is -0.132. The van der Waals surface area contributed by atoms with Crippen molar-refractivity contribution in [2.45, 2.75) is 32.2 Å². The van der Waals surface area contributed by atoms with Crippen LogP contribution < -0.4 is 11.3 Å². The zero-order valence-electron chi connectivity index (χ0n) is 16.2. The van der Waals surface area contributed by atoms with Gasteiger partial charge in [-0.3, -0.25) is 19.0 Å². The first-order valence-electron chi connectivity index (χ1n) is 8.76. The van der Waals surface area contributed by atoms with Crippen molar-refractivity contribution in [3.05, 3.63) is 34.3 Å². The minimum absolute atomic E-state index is 0.0965. The number of nitrogens with zero attached hydrogens (tertiary/aromatic N) is 2. The molecule has 2 N–H and O–H groups in total. The van der Waals surface area contributed by atoms with Crippen molar-refractivity contribution in [3.63, 3.8) is 0 Å². The van der Waals surface area contributed by atoms with Gasteiger partial charge in [0.25, 0.3) is 5.56 Å². The van der Waals surface area contributed by atoms with E-state index in [-0.39, 0.29) is 34.5 Å². The highest BCUT2D eigenvalue weighted by atomic mass is 16.2. The molecule has 0 spiro atoms. The second-order valence-corrected chi connectivity index (χ2v) is 4.71. The highest BCUT2D eigenvalue weighted by Crippen LogP contribution is 2.24. The van der Waals surface area contributed by atoms with Gasteiger partial charge in [-0.25, -0.2) is 4.98 Å². The molecule has 0 amide bonds. The van der Waals surface area contributed by atoms with E-state index >= 15 is 0 Å². The summed E-state index contributed by atoms with van der Waals surface area (Å²) in [6.45, 7) is 1.31. The Morgan fingerprint density at radius 1 is 1.48 bits per heavy atom. The number of hydrogen-bond donors (Lipinski definition) is 1. The molecule has 1 aliphatic carbocycles. The number of nitrogen functional groups attached to an aromatic ring is 1. The Labute approximate surface area is 127 Å². The van der Waals surface area contributed by atoms with Crippen molar-refractivity contribution >= 4 is 28.2 Å². The van der Waals surface area contributed by atoms with Crippen LogP contribution in [0.15, 0.2) is 22.9 Å². The molecule has 6 heteroatoms. The van der Waals surface area contributed by atoms with Gasteiger partial charge >= 0.3 is 0 Å². The molecule has 2 aromatic rings. The average Bonchev–Trinajstić information content (AvgIpc) is 2.49. The molecule has 108 valence electrons. The fourth-order valence-electron chi connectivity index (χ4n) is 2.30.